The summed E-state index contributed by atoms with van der Waals surface area (Å²) in [5.74, 6) is 0.0973. The van der Waals surface area contributed by atoms with Crippen LogP contribution in [0.25, 0.3) is 0 Å². The van der Waals surface area contributed by atoms with Gasteiger partial charge in [0, 0.05) is 17.6 Å². The minimum Gasteiger partial charge on any atom is -0.490 e. The first-order chi connectivity index (χ1) is 14.0. The number of ether oxygens (including phenoxy) is 1. The lowest BCUT2D eigenvalue weighted by atomic mass is 10.1. The molecule has 0 saturated heterocycles. The molecule has 0 saturated carbocycles. The second-order valence-electron chi connectivity index (χ2n) is 5.67. The topological polar surface area (TPSA) is 71.5 Å². The summed E-state index contributed by atoms with van der Waals surface area (Å²) < 4.78 is 5.73. The number of rotatable bonds is 9. The van der Waals surface area contributed by atoms with Gasteiger partial charge in [-0.15, -0.1) is 0 Å². The molecular formula is C20H16Cl2N2O3S2. The van der Waals surface area contributed by atoms with Gasteiger partial charge in [-0.25, -0.2) is 9.78 Å². The first-order valence-electron chi connectivity index (χ1n) is 8.46. The van der Waals surface area contributed by atoms with E-state index in [1.54, 1.807) is 58.1 Å². The van der Waals surface area contributed by atoms with E-state index in [0.717, 1.165) is 10.8 Å². The molecule has 0 bridgehead atoms. The number of hydrogen-bond acceptors (Lipinski definition) is 6. The van der Waals surface area contributed by atoms with Crippen LogP contribution in [0.5, 0.6) is 5.75 Å². The van der Waals surface area contributed by atoms with Crippen LogP contribution < -0.4 is 10.1 Å². The molecule has 3 aromatic rings. The van der Waals surface area contributed by atoms with E-state index in [2.05, 4.69) is 10.3 Å². The number of benzene rings is 2. The third kappa shape index (κ3) is 6.21. The fraction of sp³-hybridized carbons (Fsp3) is 0.100. The van der Waals surface area contributed by atoms with Crippen molar-refractivity contribution in [3.05, 3.63) is 76.4 Å². The first-order valence-corrected chi connectivity index (χ1v) is 11.5. The number of carboxylic acids is 1. The maximum Gasteiger partial charge on any atom is 0.337 e. The Morgan fingerprint density at radius 2 is 1.83 bits per heavy atom. The normalized spacial score (nSPS) is 10.6. The number of pyridine rings is 1. The van der Waals surface area contributed by atoms with Crippen molar-refractivity contribution in [3.63, 3.8) is 0 Å². The van der Waals surface area contributed by atoms with Gasteiger partial charge in [0.25, 0.3) is 0 Å². The summed E-state index contributed by atoms with van der Waals surface area (Å²) in [6.07, 6.45) is 1.75. The third-order valence-electron chi connectivity index (χ3n) is 3.63. The Morgan fingerprint density at radius 1 is 1.10 bits per heavy atom. The highest BCUT2D eigenvalue weighted by Gasteiger charge is 2.13. The molecule has 0 aliphatic rings. The zero-order chi connectivity index (χ0) is 20.6. The molecule has 0 atom stereocenters. The average molecular weight is 467 g/mol. The predicted octanol–water partition coefficient (Wildman–Crippen LogP) is 6.65. The summed E-state index contributed by atoms with van der Waals surface area (Å²) in [5.41, 5.74) is 1.17. The largest absolute Gasteiger partial charge is 0.490 e. The lowest BCUT2D eigenvalue weighted by Gasteiger charge is -2.14. The molecule has 0 spiro atoms. The molecule has 3 rings (SSSR count). The van der Waals surface area contributed by atoms with Gasteiger partial charge in [0.15, 0.2) is 5.75 Å². The number of hydrogen-bond donors (Lipinski definition) is 2. The molecule has 0 aliphatic carbocycles. The van der Waals surface area contributed by atoms with Crippen LogP contribution in [0, 0.1) is 0 Å². The van der Waals surface area contributed by atoms with E-state index in [9.17, 15) is 9.90 Å². The monoisotopic (exact) mass is 466 g/mol. The molecule has 1 heterocycles. The number of aromatic carboxylic acids is 1. The zero-order valence-corrected chi connectivity index (χ0v) is 18.1. The van der Waals surface area contributed by atoms with Crippen molar-refractivity contribution >= 4 is 62.1 Å². The lowest BCUT2D eigenvalue weighted by molar-refractivity contribution is 0.0698. The van der Waals surface area contributed by atoms with Gasteiger partial charge in [-0.3, -0.25) is 0 Å². The smallest absolute Gasteiger partial charge is 0.337 e. The Hall–Kier alpha value is -2.06. The molecule has 0 amide bonds. The van der Waals surface area contributed by atoms with Crippen molar-refractivity contribution in [1.82, 2.24) is 4.98 Å². The molecule has 2 N–H and O–H groups in total. The van der Waals surface area contributed by atoms with Crippen molar-refractivity contribution in [2.75, 3.05) is 17.7 Å². The summed E-state index contributed by atoms with van der Waals surface area (Å²) in [7, 11) is 3.19. The molecule has 2 aromatic carbocycles. The molecule has 150 valence electrons. The van der Waals surface area contributed by atoms with E-state index < -0.39 is 5.97 Å². The SMILES string of the molecule is O=C(O)c1ccccc1Nc1cc(Cl)c(OCCSSc2ccccn2)c(Cl)c1. The summed E-state index contributed by atoms with van der Waals surface area (Å²) in [5, 5.41) is 13.9. The van der Waals surface area contributed by atoms with Crippen LogP contribution in [0.3, 0.4) is 0 Å². The van der Waals surface area contributed by atoms with Crippen LogP contribution in [-0.4, -0.2) is 28.4 Å². The van der Waals surface area contributed by atoms with Crippen molar-refractivity contribution < 1.29 is 14.6 Å². The number of carbonyl (C=O) groups is 1. The van der Waals surface area contributed by atoms with Crippen molar-refractivity contribution in [3.8, 4) is 5.75 Å². The number of anilines is 2. The maximum atomic E-state index is 11.3. The number of halogens is 2. The van der Waals surface area contributed by atoms with E-state index >= 15 is 0 Å². The molecule has 9 heteroatoms. The Labute approximate surface area is 186 Å². The van der Waals surface area contributed by atoms with E-state index in [-0.39, 0.29) is 5.56 Å². The fourth-order valence-electron chi connectivity index (χ4n) is 2.38. The van der Waals surface area contributed by atoms with Crippen LogP contribution in [0.4, 0.5) is 11.4 Å². The molecule has 5 nitrogen and oxygen atoms in total. The number of nitrogens with zero attached hydrogens (tertiary/aromatic N) is 1. The summed E-state index contributed by atoms with van der Waals surface area (Å²) in [6, 6.07) is 15.7. The minimum atomic E-state index is -1.02. The summed E-state index contributed by atoms with van der Waals surface area (Å²) in [6.45, 7) is 0.429. The van der Waals surface area contributed by atoms with Gasteiger partial charge in [-0.1, -0.05) is 52.2 Å². The van der Waals surface area contributed by atoms with Gasteiger partial charge in [0.1, 0.15) is 5.03 Å². The minimum absolute atomic E-state index is 0.155. The Morgan fingerprint density at radius 3 is 2.52 bits per heavy atom. The van der Waals surface area contributed by atoms with E-state index in [1.165, 1.54) is 6.07 Å². The zero-order valence-electron chi connectivity index (χ0n) is 15.0. The molecule has 0 fully saturated rings. The van der Waals surface area contributed by atoms with E-state index in [0.29, 0.717) is 33.8 Å². The van der Waals surface area contributed by atoms with Crippen molar-refractivity contribution in [1.29, 1.82) is 0 Å². The summed E-state index contributed by atoms with van der Waals surface area (Å²) >= 11 is 12.6. The summed E-state index contributed by atoms with van der Waals surface area (Å²) in [4.78, 5) is 15.6. The Bertz CT molecular complexity index is 967. The molecule has 0 radical (unpaired) electrons. The molecular weight excluding hydrogens is 451 g/mol. The number of carboxylic acid groups (broad SMARTS) is 1. The van der Waals surface area contributed by atoms with E-state index in [1.807, 2.05) is 18.2 Å². The highest BCUT2D eigenvalue weighted by Crippen LogP contribution is 2.37. The van der Waals surface area contributed by atoms with Gasteiger partial charge in [-0.05, 0) is 47.2 Å². The van der Waals surface area contributed by atoms with Crippen molar-refractivity contribution in [2.24, 2.45) is 0 Å². The van der Waals surface area contributed by atoms with Crippen LogP contribution in [-0.2, 0) is 0 Å². The van der Waals surface area contributed by atoms with E-state index in [4.69, 9.17) is 27.9 Å². The van der Waals surface area contributed by atoms with Crippen LogP contribution >= 0.6 is 44.8 Å². The quantitative estimate of drug-likeness (QED) is 0.270. The van der Waals surface area contributed by atoms with Gasteiger partial charge in [-0.2, -0.15) is 0 Å². The molecule has 29 heavy (non-hydrogen) atoms. The highest BCUT2D eigenvalue weighted by atomic mass is 35.5. The van der Waals surface area contributed by atoms with Gasteiger partial charge < -0.3 is 15.2 Å². The van der Waals surface area contributed by atoms with Crippen molar-refractivity contribution in [2.45, 2.75) is 5.03 Å². The number of para-hydroxylation sites is 1. The third-order valence-corrected chi connectivity index (χ3v) is 6.42. The molecule has 1 aromatic heterocycles. The molecule has 0 aliphatic heterocycles. The van der Waals surface area contributed by atoms with Gasteiger partial charge in [0.05, 0.1) is 27.9 Å². The Balaban J connectivity index is 1.59. The van der Waals surface area contributed by atoms with Crippen LogP contribution in [0.15, 0.2) is 65.8 Å². The second-order valence-corrected chi connectivity index (χ2v) is 8.92. The maximum absolute atomic E-state index is 11.3. The Kier molecular flexibility index (Phi) is 7.94. The fourth-order valence-corrected chi connectivity index (χ4v) is 4.68. The highest BCUT2D eigenvalue weighted by molar-refractivity contribution is 8.76. The average Bonchev–Trinajstić information content (AvgIpc) is 2.70. The number of nitrogens with one attached hydrogen (secondary N) is 1. The second kappa shape index (κ2) is 10.6. The van der Waals surface area contributed by atoms with Gasteiger partial charge >= 0.3 is 5.97 Å². The standard InChI is InChI=1S/C20H16Cl2N2O3S2/c21-15-11-13(24-17-6-2-1-5-14(17)20(25)26)12-16(22)19(15)27-9-10-28-29-18-7-3-4-8-23-18/h1-8,11-12,24H,9-10H2,(H,25,26). The van der Waals surface area contributed by atoms with Crippen LogP contribution in [0.1, 0.15) is 10.4 Å². The van der Waals surface area contributed by atoms with Gasteiger partial charge in [0.2, 0.25) is 0 Å². The molecule has 0 unspecified atom stereocenters. The number of aromatic nitrogens is 1. The first kappa shape index (κ1) is 21.6. The lowest BCUT2D eigenvalue weighted by Crippen LogP contribution is -2.03. The van der Waals surface area contributed by atoms with Crippen LogP contribution in [0.2, 0.25) is 10.0 Å². The predicted molar refractivity (Wildman–Crippen MR) is 121 cm³/mol.